The molecule has 6 heteroatoms. The molecule has 3 nitrogen and oxygen atoms in total. The monoisotopic (exact) mass is 235 g/mol. The minimum atomic E-state index is -2.77. The molecule has 0 aliphatic carbocycles. The second-order valence-electron chi connectivity index (χ2n) is 2.80. The Morgan fingerprint density at radius 1 is 1.60 bits per heavy atom. The van der Waals surface area contributed by atoms with E-state index in [9.17, 15) is 13.6 Å². The molecule has 0 radical (unpaired) electrons. The average Bonchev–Trinajstić information content (AvgIpc) is 2.17. The van der Waals surface area contributed by atoms with Crippen molar-refractivity contribution in [3.8, 4) is 5.88 Å². The molecule has 0 N–H and O–H groups in total. The van der Waals surface area contributed by atoms with Gasteiger partial charge in [0.25, 0.3) is 11.7 Å². The molecule has 0 aliphatic rings. The summed E-state index contributed by atoms with van der Waals surface area (Å²) in [5, 5.41) is -0.810. The zero-order valence-corrected chi connectivity index (χ0v) is 8.81. The Hall–Kier alpha value is -1.23. The summed E-state index contributed by atoms with van der Waals surface area (Å²) in [5.41, 5.74) is -0.192. The van der Waals surface area contributed by atoms with E-state index in [1.807, 2.05) is 0 Å². The minimum absolute atomic E-state index is 0.0150. The first kappa shape index (κ1) is 11.8. The van der Waals surface area contributed by atoms with Gasteiger partial charge in [-0.25, -0.2) is 13.8 Å². The highest BCUT2D eigenvalue weighted by molar-refractivity contribution is 6.67. The van der Waals surface area contributed by atoms with Crippen molar-refractivity contribution in [1.82, 2.24) is 4.98 Å². The predicted molar refractivity (Wildman–Crippen MR) is 50.7 cm³/mol. The number of hydrogen-bond donors (Lipinski definition) is 0. The highest BCUT2D eigenvalue weighted by Gasteiger charge is 2.18. The van der Waals surface area contributed by atoms with E-state index < -0.39 is 17.4 Å². The maximum Gasteiger partial charge on any atom is 0.280 e. The lowest BCUT2D eigenvalue weighted by Gasteiger charge is -2.09. The van der Waals surface area contributed by atoms with Gasteiger partial charge in [-0.3, -0.25) is 4.79 Å². The standard InChI is InChI=1S/C9H8ClF2NO2/c1-4-5(7(10)14)3-6(8(11)12)13-9(4)15-2/h3,8H,1-2H3. The van der Waals surface area contributed by atoms with Crippen molar-refractivity contribution in [3.63, 3.8) is 0 Å². The van der Waals surface area contributed by atoms with Crippen LogP contribution < -0.4 is 4.74 Å². The van der Waals surface area contributed by atoms with Gasteiger partial charge < -0.3 is 4.74 Å². The molecular weight excluding hydrogens is 228 g/mol. The van der Waals surface area contributed by atoms with Crippen LogP contribution >= 0.6 is 11.6 Å². The fraction of sp³-hybridized carbons (Fsp3) is 0.333. The molecule has 0 bridgehead atoms. The lowest BCUT2D eigenvalue weighted by atomic mass is 10.1. The number of hydrogen-bond acceptors (Lipinski definition) is 3. The van der Waals surface area contributed by atoms with Crippen LogP contribution in [0.3, 0.4) is 0 Å². The summed E-state index contributed by atoms with van der Waals surface area (Å²) >= 11 is 5.25. The minimum Gasteiger partial charge on any atom is -0.481 e. The zero-order valence-electron chi connectivity index (χ0n) is 8.05. The Balaban J connectivity index is 3.38. The van der Waals surface area contributed by atoms with Gasteiger partial charge in [0, 0.05) is 11.1 Å². The van der Waals surface area contributed by atoms with Gasteiger partial charge in [-0.15, -0.1) is 0 Å². The second-order valence-corrected chi connectivity index (χ2v) is 3.15. The summed E-state index contributed by atoms with van der Waals surface area (Å²) < 4.78 is 29.5. The Bertz CT molecular complexity index is 396. The van der Waals surface area contributed by atoms with Crippen LogP contribution in [0.1, 0.15) is 28.0 Å². The van der Waals surface area contributed by atoms with E-state index in [0.717, 1.165) is 6.07 Å². The number of carbonyl (C=O) groups is 1. The summed E-state index contributed by atoms with van der Waals surface area (Å²) in [6.45, 7) is 1.52. The first-order valence-corrected chi connectivity index (χ1v) is 4.38. The molecule has 0 fully saturated rings. The molecule has 0 unspecified atom stereocenters. The van der Waals surface area contributed by atoms with Crippen LogP contribution in [-0.4, -0.2) is 17.3 Å². The van der Waals surface area contributed by atoms with E-state index in [0.29, 0.717) is 5.56 Å². The molecule has 0 saturated carbocycles. The Morgan fingerprint density at radius 2 is 2.20 bits per heavy atom. The van der Waals surface area contributed by atoms with Crippen LogP contribution in [0.15, 0.2) is 6.07 Å². The molecule has 1 aromatic heterocycles. The molecule has 0 spiro atoms. The van der Waals surface area contributed by atoms with Crippen molar-refractivity contribution in [3.05, 3.63) is 22.9 Å². The number of nitrogens with zero attached hydrogens (tertiary/aromatic N) is 1. The lowest BCUT2D eigenvalue weighted by Crippen LogP contribution is -2.03. The van der Waals surface area contributed by atoms with Gasteiger partial charge in [0.05, 0.1) is 7.11 Å². The van der Waals surface area contributed by atoms with Crippen LogP contribution in [0, 0.1) is 6.92 Å². The third-order valence-electron chi connectivity index (χ3n) is 1.88. The van der Waals surface area contributed by atoms with Crippen molar-refractivity contribution in [2.24, 2.45) is 0 Å². The molecule has 0 amide bonds. The van der Waals surface area contributed by atoms with Gasteiger partial charge >= 0.3 is 0 Å². The van der Waals surface area contributed by atoms with E-state index in [-0.39, 0.29) is 11.4 Å². The smallest absolute Gasteiger partial charge is 0.280 e. The predicted octanol–water partition coefficient (Wildman–Crippen LogP) is 2.72. The number of pyridine rings is 1. The van der Waals surface area contributed by atoms with E-state index in [1.54, 1.807) is 0 Å². The molecule has 0 aliphatic heterocycles. The van der Waals surface area contributed by atoms with Crippen LogP contribution in [0.2, 0.25) is 0 Å². The summed E-state index contributed by atoms with van der Waals surface area (Å²) in [6.07, 6.45) is -2.77. The van der Waals surface area contributed by atoms with Gasteiger partial charge in [-0.05, 0) is 24.6 Å². The highest BCUT2D eigenvalue weighted by Crippen LogP contribution is 2.26. The Kier molecular flexibility index (Phi) is 3.57. The zero-order chi connectivity index (χ0) is 11.6. The number of methoxy groups -OCH3 is 1. The molecule has 1 rings (SSSR count). The maximum atomic E-state index is 12.4. The summed E-state index contributed by atoms with van der Waals surface area (Å²) in [5.74, 6) is -0.0169. The largest absolute Gasteiger partial charge is 0.481 e. The van der Waals surface area contributed by atoms with Gasteiger partial charge in [0.2, 0.25) is 5.88 Å². The van der Waals surface area contributed by atoms with E-state index in [4.69, 9.17) is 16.3 Å². The normalized spacial score (nSPS) is 10.5. The van der Waals surface area contributed by atoms with Crippen molar-refractivity contribution in [2.45, 2.75) is 13.3 Å². The van der Waals surface area contributed by atoms with E-state index in [2.05, 4.69) is 4.98 Å². The Labute approximate surface area is 90.0 Å². The molecular formula is C9H8ClF2NO2. The Morgan fingerprint density at radius 3 is 2.60 bits per heavy atom. The third-order valence-corrected chi connectivity index (χ3v) is 2.08. The van der Waals surface area contributed by atoms with Gasteiger partial charge in [0.1, 0.15) is 5.69 Å². The summed E-state index contributed by atoms with van der Waals surface area (Å²) in [7, 11) is 1.28. The van der Waals surface area contributed by atoms with Crippen molar-refractivity contribution < 1.29 is 18.3 Å². The van der Waals surface area contributed by atoms with Gasteiger partial charge in [-0.1, -0.05) is 0 Å². The lowest BCUT2D eigenvalue weighted by molar-refractivity contribution is 0.107. The number of rotatable bonds is 3. The van der Waals surface area contributed by atoms with Crippen molar-refractivity contribution >= 4 is 16.8 Å². The molecule has 1 aromatic rings. The summed E-state index contributed by atoms with van der Waals surface area (Å²) in [6, 6.07) is 0.970. The maximum absolute atomic E-state index is 12.4. The molecule has 0 aromatic carbocycles. The van der Waals surface area contributed by atoms with E-state index in [1.165, 1.54) is 14.0 Å². The van der Waals surface area contributed by atoms with Crippen molar-refractivity contribution in [2.75, 3.05) is 7.11 Å². The molecule has 0 saturated heterocycles. The van der Waals surface area contributed by atoms with Crippen LogP contribution in [0.4, 0.5) is 8.78 Å². The SMILES string of the molecule is COc1nc(C(F)F)cc(C(=O)Cl)c1C. The number of alkyl halides is 2. The molecule has 0 atom stereocenters. The van der Waals surface area contributed by atoms with Gasteiger partial charge in [-0.2, -0.15) is 0 Å². The summed E-state index contributed by atoms with van der Waals surface area (Å²) in [4.78, 5) is 14.5. The first-order valence-electron chi connectivity index (χ1n) is 4.01. The molecule has 15 heavy (non-hydrogen) atoms. The number of halogens is 3. The topological polar surface area (TPSA) is 39.2 Å². The van der Waals surface area contributed by atoms with Crippen LogP contribution in [-0.2, 0) is 0 Å². The first-order chi connectivity index (χ1) is 6.97. The molecule has 1 heterocycles. The number of carbonyl (C=O) groups excluding carboxylic acids is 1. The van der Waals surface area contributed by atoms with Crippen LogP contribution in [0.5, 0.6) is 5.88 Å². The van der Waals surface area contributed by atoms with E-state index >= 15 is 0 Å². The fourth-order valence-corrected chi connectivity index (χ4v) is 1.32. The third kappa shape index (κ3) is 2.41. The second kappa shape index (κ2) is 4.53. The fourth-order valence-electron chi connectivity index (χ4n) is 1.12. The van der Waals surface area contributed by atoms with Gasteiger partial charge in [0.15, 0.2) is 0 Å². The average molecular weight is 236 g/mol. The number of aromatic nitrogens is 1. The van der Waals surface area contributed by atoms with Crippen LogP contribution in [0.25, 0.3) is 0 Å². The van der Waals surface area contributed by atoms with Crippen molar-refractivity contribution in [1.29, 1.82) is 0 Å². The quantitative estimate of drug-likeness (QED) is 0.756. The molecule has 82 valence electrons. The number of ether oxygens (including phenoxy) is 1. The highest BCUT2D eigenvalue weighted by atomic mass is 35.5.